The largest absolute Gasteiger partial charge is 0.505 e. The van der Waals surface area contributed by atoms with E-state index in [1.807, 2.05) is 6.07 Å². The number of phenolic OH excluding ortho intramolecular Hbond substituents is 1. The molecule has 1 aliphatic carbocycles. The molecule has 0 radical (unpaired) electrons. The highest BCUT2D eigenvalue weighted by Crippen LogP contribution is 2.42. The predicted octanol–water partition coefficient (Wildman–Crippen LogP) is 4.27. The van der Waals surface area contributed by atoms with Crippen molar-refractivity contribution >= 4 is 0 Å². The zero-order valence-corrected chi connectivity index (χ0v) is 14.6. The highest BCUT2D eigenvalue weighted by atomic mass is 19.1. The predicted molar refractivity (Wildman–Crippen MR) is 98.1 cm³/mol. The highest BCUT2D eigenvalue weighted by molar-refractivity contribution is 5.28. The number of hydrogen-bond donors (Lipinski definition) is 1. The number of fused-ring (bicyclic) bond motifs is 1. The van der Waals surface area contributed by atoms with Crippen LogP contribution >= 0.6 is 0 Å². The number of nitrogens with zero attached hydrogens (tertiary/aromatic N) is 1. The van der Waals surface area contributed by atoms with Crippen molar-refractivity contribution in [3.8, 4) is 5.75 Å². The van der Waals surface area contributed by atoms with Crippen molar-refractivity contribution in [1.82, 2.24) is 4.90 Å². The van der Waals surface area contributed by atoms with E-state index in [0.717, 1.165) is 36.3 Å². The van der Waals surface area contributed by atoms with Crippen LogP contribution in [0.5, 0.6) is 5.75 Å². The molecule has 1 heterocycles. The Hall–Kier alpha value is -1.87. The van der Waals surface area contributed by atoms with Gasteiger partial charge in [0.25, 0.3) is 0 Å². The molecule has 2 aromatic carbocycles. The SMILES string of the molecule is Oc1ccc(CCN2C[C@H]3CC(Cc4ccccc4)C[C@H]3C2)cc1F. The number of halogens is 1. The Bertz CT molecular complexity index is 703. The Balaban J connectivity index is 1.26. The first kappa shape index (κ1) is 16.6. The van der Waals surface area contributed by atoms with Crippen LogP contribution in [0.1, 0.15) is 24.0 Å². The van der Waals surface area contributed by atoms with Gasteiger partial charge in [-0.15, -0.1) is 0 Å². The fourth-order valence-electron chi connectivity index (χ4n) is 4.81. The summed E-state index contributed by atoms with van der Waals surface area (Å²) in [6, 6.07) is 15.6. The lowest BCUT2D eigenvalue weighted by Crippen LogP contribution is -2.25. The van der Waals surface area contributed by atoms with Crippen molar-refractivity contribution < 1.29 is 9.50 Å². The normalized spacial score (nSPS) is 26.0. The summed E-state index contributed by atoms with van der Waals surface area (Å²) < 4.78 is 13.4. The van der Waals surface area contributed by atoms with Gasteiger partial charge in [-0.05, 0) is 66.7 Å². The van der Waals surface area contributed by atoms with Gasteiger partial charge in [0.05, 0.1) is 0 Å². The molecule has 0 spiro atoms. The smallest absolute Gasteiger partial charge is 0.165 e. The molecule has 1 saturated carbocycles. The molecule has 1 saturated heterocycles. The number of benzene rings is 2. The third-order valence-corrected chi connectivity index (χ3v) is 6.02. The lowest BCUT2D eigenvalue weighted by Gasteiger charge is -2.19. The molecule has 0 aromatic heterocycles. The maximum absolute atomic E-state index is 13.4. The van der Waals surface area contributed by atoms with Gasteiger partial charge in [0, 0.05) is 19.6 Å². The van der Waals surface area contributed by atoms with Gasteiger partial charge in [0.2, 0.25) is 0 Å². The molecule has 0 bridgehead atoms. The Morgan fingerprint density at radius 3 is 2.36 bits per heavy atom. The first-order valence-electron chi connectivity index (χ1n) is 9.41. The lowest BCUT2D eigenvalue weighted by molar-refractivity contribution is 0.300. The van der Waals surface area contributed by atoms with Crippen molar-refractivity contribution in [2.24, 2.45) is 17.8 Å². The summed E-state index contributed by atoms with van der Waals surface area (Å²) in [5, 5.41) is 9.28. The van der Waals surface area contributed by atoms with Crippen molar-refractivity contribution in [1.29, 1.82) is 0 Å². The van der Waals surface area contributed by atoms with Gasteiger partial charge in [0.15, 0.2) is 11.6 Å². The number of hydrogen-bond acceptors (Lipinski definition) is 2. The summed E-state index contributed by atoms with van der Waals surface area (Å²) in [5.41, 5.74) is 2.44. The molecule has 2 nitrogen and oxygen atoms in total. The molecule has 1 unspecified atom stereocenters. The number of rotatable bonds is 5. The van der Waals surface area contributed by atoms with Gasteiger partial charge in [0.1, 0.15) is 0 Å². The Labute approximate surface area is 149 Å². The van der Waals surface area contributed by atoms with Crippen LogP contribution in [0.3, 0.4) is 0 Å². The van der Waals surface area contributed by atoms with E-state index in [4.69, 9.17) is 0 Å². The monoisotopic (exact) mass is 339 g/mol. The first-order chi connectivity index (χ1) is 12.2. The van der Waals surface area contributed by atoms with E-state index in [0.29, 0.717) is 0 Å². The molecule has 1 aliphatic heterocycles. The minimum absolute atomic E-state index is 0.260. The minimum atomic E-state index is -0.514. The fourth-order valence-corrected chi connectivity index (χ4v) is 4.81. The molecule has 2 aliphatic rings. The van der Waals surface area contributed by atoms with Crippen LogP contribution in [-0.2, 0) is 12.8 Å². The van der Waals surface area contributed by atoms with Crippen molar-refractivity contribution in [2.45, 2.75) is 25.7 Å². The summed E-state index contributed by atoms with van der Waals surface area (Å²) in [5.74, 6) is 1.74. The zero-order valence-electron chi connectivity index (χ0n) is 14.6. The van der Waals surface area contributed by atoms with E-state index < -0.39 is 5.82 Å². The summed E-state index contributed by atoms with van der Waals surface area (Å²) in [6.45, 7) is 3.37. The van der Waals surface area contributed by atoms with Gasteiger partial charge in [-0.1, -0.05) is 36.4 Å². The van der Waals surface area contributed by atoms with Gasteiger partial charge < -0.3 is 10.0 Å². The van der Waals surface area contributed by atoms with Crippen molar-refractivity contribution in [3.05, 3.63) is 65.5 Å². The molecular formula is C22H26FNO. The van der Waals surface area contributed by atoms with E-state index >= 15 is 0 Å². The topological polar surface area (TPSA) is 23.5 Å². The molecule has 132 valence electrons. The van der Waals surface area contributed by atoms with Crippen LogP contribution in [0.2, 0.25) is 0 Å². The average molecular weight is 339 g/mol. The van der Waals surface area contributed by atoms with E-state index in [1.165, 1.54) is 50.0 Å². The second-order valence-electron chi connectivity index (χ2n) is 7.84. The lowest BCUT2D eigenvalue weighted by atomic mass is 9.96. The molecule has 2 aromatic rings. The number of likely N-dealkylation sites (tertiary alicyclic amines) is 1. The molecular weight excluding hydrogens is 313 g/mol. The second-order valence-corrected chi connectivity index (χ2v) is 7.84. The standard InChI is InChI=1S/C22H26FNO/c23-21-13-17(6-7-22(21)25)8-9-24-14-19-11-18(12-20(19)15-24)10-16-4-2-1-3-5-16/h1-7,13,18-20,25H,8-12,14-15H2/t18?,19-,20+. The Morgan fingerprint density at radius 2 is 1.68 bits per heavy atom. The third-order valence-electron chi connectivity index (χ3n) is 6.02. The quantitative estimate of drug-likeness (QED) is 0.879. The maximum atomic E-state index is 13.4. The zero-order chi connectivity index (χ0) is 17.2. The number of aromatic hydroxyl groups is 1. The van der Waals surface area contributed by atoms with Crippen LogP contribution < -0.4 is 0 Å². The van der Waals surface area contributed by atoms with Crippen LogP contribution in [0, 0.1) is 23.6 Å². The van der Waals surface area contributed by atoms with Crippen molar-refractivity contribution in [2.75, 3.05) is 19.6 Å². The molecule has 1 N–H and O–H groups in total. The molecule has 0 amide bonds. The van der Waals surface area contributed by atoms with E-state index in [-0.39, 0.29) is 5.75 Å². The van der Waals surface area contributed by atoms with Crippen LogP contribution in [-0.4, -0.2) is 29.6 Å². The first-order valence-corrected chi connectivity index (χ1v) is 9.41. The summed E-state index contributed by atoms with van der Waals surface area (Å²) in [7, 11) is 0. The highest BCUT2D eigenvalue weighted by Gasteiger charge is 2.40. The molecule has 25 heavy (non-hydrogen) atoms. The van der Waals surface area contributed by atoms with Gasteiger partial charge >= 0.3 is 0 Å². The Morgan fingerprint density at radius 1 is 0.960 bits per heavy atom. The van der Waals surface area contributed by atoms with Crippen LogP contribution in [0.15, 0.2) is 48.5 Å². The fraction of sp³-hybridized carbons (Fsp3) is 0.455. The van der Waals surface area contributed by atoms with Crippen LogP contribution in [0.4, 0.5) is 4.39 Å². The maximum Gasteiger partial charge on any atom is 0.165 e. The van der Waals surface area contributed by atoms with Gasteiger partial charge in [-0.25, -0.2) is 4.39 Å². The summed E-state index contributed by atoms with van der Waals surface area (Å²) in [4.78, 5) is 2.54. The Kier molecular flexibility index (Phi) is 4.76. The molecule has 2 fully saturated rings. The van der Waals surface area contributed by atoms with Gasteiger partial charge in [-0.2, -0.15) is 0 Å². The minimum Gasteiger partial charge on any atom is -0.505 e. The summed E-state index contributed by atoms with van der Waals surface area (Å²) >= 11 is 0. The van der Waals surface area contributed by atoms with Gasteiger partial charge in [-0.3, -0.25) is 0 Å². The third kappa shape index (κ3) is 3.87. The van der Waals surface area contributed by atoms with Crippen LogP contribution in [0.25, 0.3) is 0 Å². The van der Waals surface area contributed by atoms with E-state index in [1.54, 1.807) is 0 Å². The molecule has 3 atom stereocenters. The molecule has 4 rings (SSSR count). The van der Waals surface area contributed by atoms with Crippen molar-refractivity contribution in [3.63, 3.8) is 0 Å². The number of phenols is 1. The van der Waals surface area contributed by atoms with E-state index in [9.17, 15) is 9.50 Å². The second kappa shape index (κ2) is 7.17. The van der Waals surface area contributed by atoms with E-state index in [2.05, 4.69) is 35.2 Å². The average Bonchev–Trinajstić information content (AvgIpc) is 3.15. The summed E-state index contributed by atoms with van der Waals surface area (Å²) in [6.07, 6.45) is 4.78. The molecule has 3 heteroatoms.